The molecular formula is C20H25N7OS. The molecule has 1 saturated heterocycles. The Bertz CT molecular complexity index is 1020. The van der Waals surface area contributed by atoms with Gasteiger partial charge in [0.2, 0.25) is 10.9 Å². The van der Waals surface area contributed by atoms with E-state index in [1.807, 2.05) is 6.07 Å². The van der Waals surface area contributed by atoms with Gasteiger partial charge in [0.05, 0.1) is 5.69 Å². The van der Waals surface area contributed by atoms with E-state index in [2.05, 4.69) is 24.9 Å². The predicted octanol–water partition coefficient (Wildman–Crippen LogP) is 2.31. The number of piperazine rings is 1. The number of rotatable bonds is 4. The van der Waals surface area contributed by atoms with Gasteiger partial charge in [0.15, 0.2) is 0 Å². The highest BCUT2D eigenvalue weighted by Crippen LogP contribution is 2.34. The highest BCUT2D eigenvalue weighted by atomic mass is 32.1. The van der Waals surface area contributed by atoms with Crippen LogP contribution in [0, 0.1) is 0 Å². The Kier molecular flexibility index (Phi) is 5.24. The van der Waals surface area contributed by atoms with Crippen molar-refractivity contribution in [3.63, 3.8) is 0 Å². The summed E-state index contributed by atoms with van der Waals surface area (Å²) in [5.74, 6) is 1.27. The van der Waals surface area contributed by atoms with Crippen LogP contribution in [0.5, 0.6) is 0 Å². The number of fused-ring (bicyclic) bond motifs is 1. The zero-order valence-electron chi connectivity index (χ0n) is 16.4. The van der Waals surface area contributed by atoms with Gasteiger partial charge in [-0.2, -0.15) is 9.61 Å². The van der Waals surface area contributed by atoms with Crippen molar-refractivity contribution in [1.29, 1.82) is 0 Å². The molecule has 1 saturated carbocycles. The molecule has 8 nitrogen and oxygen atoms in total. The van der Waals surface area contributed by atoms with E-state index in [-0.39, 0.29) is 5.56 Å². The molecule has 9 heteroatoms. The standard InChI is InChI=1S/C20H25N7OS/c28-17-13-16(14-25-9-11-26(12-10-25)19-21-7-4-8-22-19)23-20-27(17)24-18(29-20)15-5-2-1-3-6-15/h4,7-8,13,15H,1-3,5-6,9-12,14H2. The van der Waals surface area contributed by atoms with E-state index in [1.54, 1.807) is 29.8 Å². The average Bonchev–Trinajstić information content (AvgIpc) is 3.20. The SMILES string of the molecule is O=c1cc(CN2CCN(c3ncccn3)CC2)nc2sc(C3CCCCC3)nn12. The van der Waals surface area contributed by atoms with Gasteiger partial charge in [-0.3, -0.25) is 9.69 Å². The molecule has 0 N–H and O–H groups in total. The second-order valence-corrected chi connectivity index (χ2v) is 8.85. The van der Waals surface area contributed by atoms with Crippen LogP contribution in [-0.2, 0) is 6.54 Å². The minimum Gasteiger partial charge on any atom is -0.338 e. The fourth-order valence-corrected chi connectivity index (χ4v) is 5.35. The lowest BCUT2D eigenvalue weighted by Gasteiger charge is -2.34. The lowest BCUT2D eigenvalue weighted by molar-refractivity contribution is 0.246. The number of anilines is 1. The van der Waals surface area contributed by atoms with Crippen LogP contribution >= 0.6 is 11.3 Å². The Balaban J connectivity index is 1.28. The van der Waals surface area contributed by atoms with Crippen molar-refractivity contribution in [2.45, 2.75) is 44.6 Å². The molecule has 0 unspecified atom stereocenters. The molecule has 5 rings (SSSR count). The van der Waals surface area contributed by atoms with Crippen LogP contribution in [-0.4, -0.2) is 55.6 Å². The molecule has 2 aliphatic rings. The third kappa shape index (κ3) is 4.02. The Labute approximate surface area is 173 Å². The highest BCUT2D eigenvalue weighted by Gasteiger charge is 2.22. The van der Waals surface area contributed by atoms with Crippen molar-refractivity contribution < 1.29 is 0 Å². The van der Waals surface area contributed by atoms with E-state index in [0.29, 0.717) is 12.5 Å². The molecular weight excluding hydrogens is 386 g/mol. The lowest BCUT2D eigenvalue weighted by Crippen LogP contribution is -2.46. The maximum atomic E-state index is 12.6. The number of nitrogens with zero attached hydrogens (tertiary/aromatic N) is 7. The highest BCUT2D eigenvalue weighted by molar-refractivity contribution is 7.16. The van der Waals surface area contributed by atoms with Gasteiger partial charge in [-0.05, 0) is 18.9 Å². The predicted molar refractivity (Wildman–Crippen MR) is 112 cm³/mol. The molecule has 4 heterocycles. The van der Waals surface area contributed by atoms with Crippen LogP contribution in [0.2, 0.25) is 0 Å². The largest absolute Gasteiger partial charge is 0.338 e. The Morgan fingerprint density at radius 1 is 1.03 bits per heavy atom. The summed E-state index contributed by atoms with van der Waals surface area (Å²) >= 11 is 1.59. The average molecular weight is 412 g/mol. The zero-order chi connectivity index (χ0) is 19.6. The van der Waals surface area contributed by atoms with Crippen LogP contribution in [0.15, 0.2) is 29.3 Å². The second kappa shape index (κ2) is 8.16. The Hall–Kier alpha value is -2.39. The van der Waals surface area contributed by atoms with Gasteiger partial charge < -0.3 is 4.90 Å². The Morgan fingerprint density at radius 3 is 2.55 bits per heavy atom. The molecule has 1 aliphatic heterocycles. The number of hydrogen-bond acceptors (Lipinski definition) is 8. The van der Waals surface area contributed by atoms with E-state index in [4.69, 9.17) is 4.98 Å². The van der Waals surface area contributed by atoms with Gasteiger partial charge in [0.1, 0.15) is 5.01 Å². The first-order valence-corrected chi connectivity index (χ1v) is 11.2. The van der Waals surface area contributed by atoms with Gasteiger partial charge in [-0.1, -0.05) is 30.6 Å². The van der Waals surface area contributed by atoms with Gasteiger partial charge in [0, 0.05) is 57.1 Å². The molecule has 0 radical (unpaired) electrons. The van der Waals surface area contributed by atoms with Gasteiger partial charge in [-0.25, -0.2) is 15.0 Å². The van der Waals surface area contributed by atoms with E-state index in [0.717, 1.165) is 47.8 Å². The maximum absolute atomic E-state index is 12.6. The minimum absolute atomic E-state index is 0.0698. The smallest absolute Gasteiger partial charge is 0.275 e. The molecule has 0 bridgehead atoms. The fraction of sp³-hybridized carbons (Fsp3) is 0.550. The molecule has 0 atom stereocenters. The zero-order valence-corrected chi connectivity index (χ0v) is 17.2. The first-order chi connectivity index (χ1) is 14.3. The van der Waals surface area contributed by atoms with Crippen LogP contribution in [0.4, 0.5) is 5.95 Å². The van der Waals surface area contributed by atoms with Crippen LogP contribution < -0.4 is 10.5 Å². The number of hydrogen-bond donors (Lipinski definition) is 0. The molecule has 3 aromatic heterocycles. The maximum Gasteiger partial charge on any atom is 0.275 e. The van der Waals surface area contributed by atoms with Gasteiger partial charge >= 0.3 is 0 Å². The first-order valence-electron chi connectivity index (χ1n) is 10.4. The molecule has 3 aromatic rings. The quantitative estimate of drug-likeness (QED) is 0.652. The third-order valence-corrected chi connectivity index (χ3v) is 6.93. The van der Waals surface area contributed by atoms with E-state index in [9.17, 15) is 4.79 Å². The van der Waals surface area contributed by atoms with Crippen molar-refractivity contribution in [3.8, 4) is 0 Å². The third-order valence-electron chi connectivity index (χ3n) is 5.86. The van der Waals surface area contributed by atoms with Crippen molar-refractivity contribution in [1.82, 2.24) is 29.5 Å². The van der Waals surface area contributed by atoms with Gasteiger partial charge in [0.25, 0.3) is 5.56 Å². The fourth-order valence-electron chi connectivity index (χ4n) is 4.26. The summed E-state index contributed by atoms with van der Waals surface area (Å²) in [7, 11) is 0. The molecule has 0 aromatic carbocycles. The first kappa shape index (κ1) is 18.6. The monoisotopic (exact) mass is 411 g/mol. The van der Waals surface area contributed by atoms with E-state index < -0.39 is 0 Å². The Morgan fingerprint density at radius 2 is 1.79 bits per heavy atom. The normalized spacial score (nSPS) is 19.1. The topological polar surface area (TPSA) is 79.5 Å². The van der Waals surface area contributed by atoms with Crippen molar-refractivity contribution in [2.24, 2.45) is 0 Å². The number of aromatic nitrogens is 5. The molecule has 0 amide bonds. The molecule has 2 fully saturated rings. The lowest BCUT2D eigenvalue weighted by atomic mass is 9.90. The summed E-state index contributed by atoms with van der Waals surface area (Å²) in [5, 5.41) is 5.67. The van der Waals surface area contributed by atoms with Crippen LogP contribution in [0.3, 0.4) is 0 Å². The molecule has 0 spiro atoms. The summed E-state index contributed by atoms with van der Waals surface area (Å²) in [5.41, 5.74) is 0.762. The molecule has 1 aliphatic carbocycles. The van der Waals surface area contributed by atoms with E-state index >= 15 is 0 Å². The van der Waals surface area contributed by atoms with E-state index in [1.165, 1.54) is 36.6 Å². The summed E-state index contributed by atoms with van der Waals surface area (Å²) in [6, 6.07) is 3.48. The van der Waals surface area contributed by atoms with Crippen molar-refractivity contribution in [2.75, 3.05) is 31.1 Å². The van der Waals surface area contributed by atoms with Crippen LogP contribution in [0.1, 0.15) is 48.7 Å². The summed E-state index contributed by atoms with van der Waals surface area (Å²) in [6.07, 6.45) is 9.74. The summed E-state index contributed by atoms with van der Waals surface area (Å²) < 4.78 is 1.49. The summed E-state index contributed by atoms with van der Waals surface area (Å²) in [6.45, 7) is 4.23. The van der Waals surface area contributed by atoms with Crippen molar-refractivity contribution in [3.05, 3.63) is 45.6 Å². The summed E-state index contributed by atoms with van der Waals surface area (Å²) in [4.78, 5) is 31.3. The minimum atomic E-state index is -0.0698. The molecule has 152 valence electrons. The van der Waals surface area contributed by atoms with Gasteiger partial charge in [-0.15, -0.1) is 0 Å². The second-order valence-electron chi connectivity index (χ2n) is 7.87. The van der Waals surface area contributed by atoms with Crippen molar-refractivity contribution >= 4 is 22.2 Å². The van der Waals surface area contributed by atoms with Crippen LogP contribution in [0.25, 0.3) is 4.96 Å². The molecule has 29 heavy (non-hydrogen) atoms.